The van der Waals surface area contributed by atoms with E-state index < -0.39 is 0 Å². The summed E-state index contributed by atoms with van der Waals surface area (Å²) in [5.41, 5.74) is 8.19. The summed E-state index contributed by atoms with van der Waals surface area (Å²) in [5.74, 6) is -0.0773. The highest BCUT2D eigenvalue weighted by molar-refractivity contribution is 7.11. The number of rotatable bonds is 4. The van der Waals surface area contributed by atoms with Gasteiger partial charge in [0.2, 0.25) is 0 Å². The number of nitrogens with one attached hydrogen (secondary N) is 1. The number of aromatic nitrogens is 1. The number of aryl methyl sites for hydroxylation is 2. The molecule has 4 nitrogen and oxygen atoms in total. The molecule has 1 heterocycles. The van der Waals surface area contributed by atoms with Crippen LogP contribution < -0.4 is 11.1 Å². The van der Waals surface area contributed by atoms with Crippen LogP contribution in [-0.2, 0) is 6.54 Å². The van der Waals surface area contributed by atoms with Crippen molar-refractivity contribution in [1.82, 2.24) is 10.3 Å². The second-order valence-corrected chi connectivity index (χ2v) is 6.01. The minimum Gasteiger partial charge on any atom is -0.345 e. The van der Waals surface area contributed by atoms with E-state index in [1.165, 1.54) is 0 Å². The number of nitrogens with zero attached hydrogens (tertiary/aromatic N) is 1. The molecule has 0 saturated heterocycles. The van der Waals surface area contributed by atoms with Gasteiger partial charge in [-0.25, -0.2) is 4.98 Å². The van der Waals surface area contributed by atoms with Crippen LogP contribution in [-0.4, -0.2) is 10.9 Å². The highest BCUT2D eigenvalue weighted by Gasteiger charge is 2.16. The molecule has 0 radical (unpaired) electrons. The quantitative estimate of drug-likeness (QED) is 0.909. The van der Waals surface area contributed by atoms with Gasteiger partial charge in [-0.05, 0) is 38.5 Å². The summed E-state index contributed by atoms with van der Waals surface area (Å²) in [6, 6.07) is 7.32. The van der Waals surface area contributed by atoms with Crippen molar-refractivity contribution in [2.75, 3.05) is 0 Å². The standard InChI is InChI=1S/C15H19N3OS/c1-9-14(20-11(3)17-9)10(2)18-15(19)13-6-4-12(8-16)5-7-13/h4-7,10H,8,16H2,1-3H3,(H,18,19). The molecule has 1 unspecified atom stereocenters. The zero-order chi connectivity index (χ0) is 14.7. The smallest absolute Gasteiger partial charge is 0.251 e. The fraction of sp³-hybridized carbons (Fsp3) is 0.333. The molecule has 0 spiro atoms. The summed E-state index contributed by atoms with van der Waals surface area (Å²) in [4.78, 5) is 17.7. The first kappa shape index (κ1) is 14.7. The van der Waals surface area contributed by atoms with Gasteiger partial charge in [-0.15, -0.1) is 11.3 Å². The highest BCUT2D eigenvalue weighted by Crippen LogP contribution is 2.24. The Morgan fingerprint density at radius 1 is 1.35 bits per heavy atom. The second kappa shape index (κ2) is 6.15. The summed E-state index contributed by atoms with van der Waals surface area (Å²) >= 11 is 1.62. The third-order valence-corrected chi connectivity index (χ3v) is 4.39. The number of carbonyl (C=O) groups is 1. The topological polar surface area (TPSA) is 68.0 Å². The zero-order valence-corrected chi connectivity index (χ0v) is 12.8. The molecule has 0 aliphatic heterocycles. The molecule has 0 aliphatic rings. The van der Waals surface area contributed by atoms with Gasteiger partial charge in [0.05, 0.1) is 16.7 Å². The molecular formula is C15H19N3OS. The summed E-state index contributed by atoms with van der Waals surface area (Å²) in [6.45, 7) is 6.41. The Balaban J connectivity index is 2.08. The third-order valence-electron chi connectivity index (χ3n) is 3.13. The summed E-state index contributed by atoms with van der Waals surface area (Å²) in [5, 5.41) is 4.02. The van der Waals surface area contributed by atoms with Crippen molar-refractivity contribution >= 4 is 17.2 Å². The van der Waals surface area contributed by atoms with Crippen LogP contribution in [0.15, 0.2) is 24.3 Å². The van der Waals surface area contributed by atoms with Gasteiger partial charge < -0.3 is 11.1 Å². The molecule has 3 N–H and O–H groups in total. The van der Waals surface area contributed by atoms with E-state index in [2.05, 4.69) is 10.3 Å². The number of benzene rings is 1. The van der Waals surface area contributed by atoms with E-state index in [0.29, 0.717) is 12.1 Å². The van der Waals surface area contributed by atoms with Crippen LogP contribution in [0.4, 0.5) is 0 Å². The van der Waals surface area contributed by atoms with Crippen LogP contribution >= 0.6 is 11.3 Å². The Hall–Kier alpha value is -1.72. The lowest BCUT2D eigenvalue weighted by molar-refractivity contribution is 0.0940. The van der Waals surface area contributed by atoms with Crippen molar-refractivity contribution in [3.8, 4) is 0 Å². The maximum Gasteiger partial charge on any atom is 0.251 e. The lowest BCUT2D eigenvalue weighted by atomic mass is 10.1. The van der Waals surface area contributed by atoms with Crippen LogP contribution in [0.2, 0.25) is 0 Å². The van der Waals surface area contributed by atoms with E-state index >= 15 is 0 Å². The van der Waals surface area contributed by atoms with Crippen LogP contribution in [0.3, 0.4) is 0 Å². The first-order valence-corrected chi connectivity index (χ1v) is 7.36. The van der Waals surface area contributed by atoms with Gasteiger partial charge in [0.25, 0.3) is 5.91 Å². The van der Waals surface area contributed by atoms with E-state index in [-0.39, 0.29) is 11.9 Å². The van der Waals surface area contributed by atoms with Gasteiger partial charge in [-0.3, -0.25) is 4.79 Å². The normalized spacial score (nSPS) is 12.2. The molecule has 1 atom stereocenters. The Labute approximate surface area is 123 Å². The number of amides is 1. The van der Waals surface area contributed by atoms with E-state index in [4.69, 9.17) is 5.73 Å². The average molecular weight is 289 g/mol. The average Bonchev–Trinajstić information content (AvgIpc) is 2.78. The van der Waals surface area contributed by atoms with Gasteiger partial charge in [0, 0.05) is 17.0 Å². The number of hydrogen-bond acceptors (Lipinski definition) is 4. The Morgan fingerprint density at radius 2 is 2.00 bits per heavy atom. The van der Waals surface area contributed by atoms with E-state index in [9.17, 15) is 4.79 Å². The molecule has 5 heteroatoms. The van der Waals surface area contributed by atoms with Crippen LogP contribution in [0.5, 0.6) is 0 Å². The number of thiazole rings is 1. The minimum absolute atomic E-state index is 0.0390. The van der Waals surface area contributed by atoms with Crippen LogP contribution in [0.1, 0.15) is 44.5 Å². The Bertz CT molecular complexity index is 604. The molecule has 2 rings (SSSR count). The maximum absolute atomic E-state index is 12.2. The van der Waals surface area contributed by atoms with Crippen molar-refractivity contribution in [3.63, 3.8) is 0 Å². The second-order valence-electron chi connectivity index (χ2n) is 4.78. The van der Waals surface area contributed by atoms with Crippen molar-refractivity contribution < 1.29 is 4.79 Å². The maximum atomic E-state index is 12.2. The number of hydrogen-bond donors (Lipinski definition) is 2. The first-order chi connectivity index (χ1) is 9.51. The van der Waals surface area contributed by atoms with Crippen LogP contribution in [0, 0.1) is 13.8 Å². The molecular weight excluding hydrogens is 270 g/mol. The van der Waals surface area contributed by atoms with Gasteiger partial charge in [-0.1, -0.05) is 12.1 Å². The molecule has 1 aromatic heterocycles. The van der Waals surface area contributed by atoms with Crippen molar-refractivity contribution in [3.05, 3.63) is 51.0 Å². The zero-order valence-electron chi connectivity index (χ0n) is 11.9. The van der Waals surface area contributed by atoms with Gasteiger partial charge in [0.15, 0.2) is 0 Å². The fourth-order valence-corrected chi connectivity index (χ4v) is 3.02. The molecule has 1 aromatic carbocycles. The van der Waals surface area contributed by atoms with Gasteiger partial charge in [-0.2, -0.15) is 0 Å². The molecule has 0 bridgehead atoms. The van der Waals surface area contributed by atoms with Gasteiger partial charge in [0.1, 0.15) is 0 Å². The Morgan fingerprint density at radius 3 is 2.50 bits per heavy atom. The summed E-state index contributed by atoms with van der Waals surface area (Å²) in [7, 11) is 0. The minimum atomic E-state index is -0.0773. The highest BCUT2D eigenvalue weighted by atomic mass is 32.1. The predicted octanol–water partition coefficient (Wildman–Crippen LogP) is 2.71. The molecule has 0 aliphatic carbocycles. The lowest BCUT2D eigenvalue weighted by Gasteiger charge is -2.13. The summed E-state index contributed by atoms with van der Waals surface area (Å²) < 4.78 is 0. The monoisotopic (exact) mass is 289 g/mol. The largest absolute Gasteiger partial charge is 0.345 e. The molecule has 0 fully saturated rings. The molecule has 2 aromatic rings. The summed E-state index contributed by atoms with van der Waals surface area (Å²) in [6.07, 6.45) is 0. The van der Waals surface area contributed by atoms with Crippen molar-refractivity contribution in [1.29, 1.82) is 0 Å². The fourth-order valence-electron chi connectivity index (χ4n) is 2.09. The molecule has 0 saturated carbocycles. The first-order valence-electron chi connectivity index (χ1n) is 6.55. The number of carbonyl (C=O) groups excluding carboxylic acids is 1. The SMILES string of the molecule is Cc1nc(C)c(C(C)NC(=O)c2ccc(CN)cc2)s1. The third kappa shape index (κ3) is 3.23. The molecule has 1 amide bonds. The van der Waals surface area contributed by atoms with Crippen LogP contribution in [0.25, 0.3) is 0 Å². The lowest BCUT2D eigenvalue weighted by Crippen LogP contribution is -2.26. The van der Waals surface area contributed by atoms with E-state index in [1.807, 2.05) is 32.9 Å². The molecule has 106 valence electrons. The van der Waals surface area contributed by atoms with Crippen molar-refractivity contribution in [2.45, 2.75) is 33.4 Å². The van der Waals surface area contributed by atoms with Crippen molar-refractivity contribution in [2.24, 2.45) is 5.73 Å². The molecule has 20 heavy (non-hydrogen) atoms. The Kier molecular flexibility index (Phi) is 4.52. The van der Waals surface area contributed by atoms with E-state index in [1.54, 1.807) is 23.5 Å². The number of nitrogens with two attached hydrogens (primary N) is 1. The van der Waals surface area contributed by atoms with Gasteiger partial charge >= 0.3 is 0 Å². The predicted molar refractivity (Wildman–Crippen MR) is 81.8 cm³/mol. The van der Waals surface area contributed by atoms with E-state index in [0.717, 1.165) is 21.1 Å².